The summed E-state index contributed by atoms with van der Waals surface area (Å²) in [6, 6.07) is 6.87. The largest absolute Gasteiger partial charge is 0.408 e. The Bertz CT molecular complexity index is 684. The predicted molar refractivity (Wildman–Crippen MR) is 94.6 cm³/mol. The Labute approximate surface area is 151 Å². The molecule has 0 unspecified atom stereocenters. The van der Waals surface area contributed by atoms with Crippen LogP contribution < -0.4 is 0 Å². The third-order valence-corrected chi connectivity index (χ3v) is 5.40. The lowest BCUT2D eigenvalue weighted by Gasteiger charge is -2.13. The number of amides is 2. The van der Waals surface area contributed by atoms with E-state index in [9.17, 15) is 18.0 Å². The summed E-state index contributed by atoms with van der Waals surface area (Å²) in [6.07, 6.45) is 5.36. The van der Waals surface area contributed by atoms with Crippen LogP contribution in [0.5, 0.6) is 0 Å². The molecular formula is C16H21NO6S2. The van der Waals surface area contributed by atoms with Gasteiger partial charge in [-0.2, -0.15) is 12.0 Å². The van der Waals surface area contributed by atoms with E-state index in [1.54, 1.807) is 24.3 Å². The molecule has 0 bridgehead atoms. The van der Waals surface area contributed by atoms with Gasteiger partial charge in [-0.1, -0.05) is 37.8 Å². The Morgan fingerprint density at radius 2 is 1.44 bits per heavy atom. The zero-order chi connectivity index (χ0) is 18.3. The van der Waals surface area contributed by atoms with Crippen molar-refractivity contribution in [2.75, 3.05) is 12.3 Å². The number of rotatable bonds is 11. The van der Waals surface area contributed by atoms with Crippen LogP contribution in [0.2, 0.25) is 0 Å². The summed E-state index contributed by atoms with van der Waals surface area (Å²) in [6.45, 7) is 0.435. The van der Waals surface area contributed by atoms with Crippen LogP contribution in [0.1, 0.15) is 59.2 Å². The van der Waals surface area contributed by atoms with Gasteiger partial charge in [0.25, 0.3) is 11.8 Å². The highest BCUT2D eigenvalue weighted by atomic mass is 32.3. The van der Waals surface area contributed by atoms with Crippen molar-refractivity contribution in [1.82, 2.24) is 4.90 Å². The minimum absolute atomic E-state index is 0.212. The second-order valence-corrected chi connectivity index (χ2v) is 7.79. The predicted octanol–water partition coefficient (Wildman–Crippen LogP) is 3.09. The second kappa shape index (κ2) is 9.33. The first-order valence-electron chi connectivity index (χ1n) is 8.14. The average Bonchev–Trinajstić information content (AvgIpc) is 2.80. The number of benzene rings is 1. The first kappa shape index (κ1) is 19.9. The molecular weight excluding hydrogens is 366 g/mol. The molecule has 2 rings (SSSR count). The Kier molecular flexibility index (Phi) is 7.42. The fraction of sp³-hybridized carbons (Fsp3) is 0.500. The Morgan fingerprint density at radius 1 is 0.920 bits per heavy atom. The van der Waals surface area contributed by atoms with E-state index in [-0.39, 0.29) is 11.8 Å². The van der Waals surface area contributed by atoms with Gasteiger partial charge in [-0.05, 0) is 25.0 Å². The van der Waals surface area contributed by atoms with Gasteiger partial charge in [0, 0.05) is 24.3 Å². The van der Waals surface area contributed by atoms with E-state index in [0.29, 0.717) is 23.4 Å². The third-order valence-electron chi connectivity index (χ3n) is 3.87. The maximum atomic E-state index is 12.2. The highest BCUT2D eigenvalue weighted by molar-refractivity contribution is 8.02. The molecule has 0 saturated heterocycles. The molecule has 0 atom stereocenters. The third kappa shape index (κ3) is 6.10. The molecule has 7 nitrogen and oxygen atoms in total. The molecule has 0 fully saturated rings. The highest BCUT2D eigenvalue weighted by Crippen LogP contribution is 2.23. The van der Waals surface area contributed by atoms with Crippen LogP contribution >= 0.6 is 12.0 Å². The molecule has 138 valence electrons. The van der Waals surface area contributed by atoms with Crippen molar-refractivity contribution in [2.24, 2.45) is 0 Å². The molecule has 0 aliphatic carbocycles. The second-order valence-electron chi connectivity index (χ2n) is 5.75. The molecule has 25 heavy (non-hydrogen) atoms. The zero-order valence-corrected chi connectivity index (χ0v) is 15.4. The highest BCUT2D eigenvalue weighted by Gasteiger charge is 2.34. The van der Waals surface area contributed by atoms with Gasteiger partial charge in [0.15, 0.2) is 0 Å². The summed E-state index contributed by atoms with van der Waals surface area (Å²) in [7, 11) is -4.36. The first-order chi connectivity index (χ1) is 11.9. The van der Waals surface area contributed by atoms with Gasteiger partial charge < -0.3 is 0 Å². The van der Waals surface area contributed by atoms with E-state index in [1.165, 1.54) is 4.90 Å². The van der Waals surface area contributed by atoms with Crippen molar-refractivity contribution in [1.29, 1.82) is 0 Å². The Balaban J connectivity index is 1.54. The maximum absolute atomic E-state index is 12.2. The summed E-state index contributed by atoms with van der Waals surface area (Å²) < 4.78 is 33.2. The fourth-order valence-corrected chi connectivity index (χ4v) is 3.76. The molecule has 1 aromatic carbocycles. The number of fused-ring (bicyclic) bond motifs is 1. The van der Waals surface area contributed by atoms with Gasteiger partial charge in [-0.15, -0.1) is 0 Å². The van der Waals surface area contributed by atoms with Gasteiger partial charge in [0.05, 0.1) is 11.1 Å². The zero-order valence-electron chi connectivity index (χ0n) is 13.7. The van der Waals surface area contributed by atoms with E-state index in [0.717, 1.165) is 50.6 Å². The smallest absolute Gasteiger partial charge is 0.274 e. The molecule has 0 radical (unpaired) electrons. The Morgan fingerprint density at radius 3 is 2.00 bits per heavy atom. The van der Waals surface area contributed by atoms with Gasteiger partial charge in [0.1, 0.15) is 0 Å². The van der Waals surface area contributed by atoms with Crippen molar-refractivity contribution in [3.05, 3.63) is 35.4 Å². The maximum Gasteiger partial charge on any atom is 0.408 e. The molecule has 1 N–H and O–H groups in total. The fourth-order valence-electron chi connectivity index (χ4n) is 2.68. The van der Waals surface area contributed by atoms with E-state index >= 15 is 0 Å². The average molecular weight is 387 g/mol. The first-order valence-corrected chi connectivity index (χ1v) is 10.4. The minimum Gasteiger partial charge on any atom is -0.274 e. The molecule has 1 aliphatic heterocycles. The normalized spacial score (nSPS) is 14.2. The summed E-state index contributed by atoms with van der Waals surface area (Å²) in [5, 5.41) is 0. The monoisotopic (exact) mass is 387 g/mol. The number of hydrogen-bond acceptors (Lipinski definition) is 6. The van der Waals surface area contributed by atoms with E-state index in [2.05, 4.69) is 3.63 Å². The summed E-state index contributed by atoms with van der Waals surface area (Å²) in [5.41, 5.74) is 0.967. The van der Waals surface area contributed by atoms with E-state index in [1.807, 2.05) is 0 Å². The van der Waals surface area contributed by atoms with Crippen LogP contribution in [0.4, 0.5) is 0 Å². The number of nitrogens with zero attached hydrogens (tertiary/aromatic N) is 1. The van der Waals surface area contributed by atoms with Gasteiger partial charge in [0.2, 0.25) is 0 Å². The summed E-state index contributed by atoms with van der Waals surface area (Å²) in [4.78, 5) is 25.7. The van der Waals surface area contributed by atoms with Crippen LogP contribution in [0.3, 0.4) is 0 Å². The lowest BCUT2D eigenvalue weighted by Crippen LogP contribution is -2.30. The van der Waals surface area contributed by atoms with Gasteiger partial charge >= 0.3 is 10.4 Å². The SMILES string of the molecule is O=C1c2ccccc2C(=O)N1CCCCCCCCSOS(=O)(=O)O. The summed E-state index contributed by atoms with van der Waals surface area (Å²) in [5.74, 6) is 0.0716. The molecule has 2 amide bonds. The van der Waals surface area contributed by atoms with Gasteiger partial charge in [-0.25, -0.2) is 0 Å². The van der Waals surface area contributed by atoms with Crippen molar-refractivity contribution in [2.45, 2.75) is 38.5 Å². The number of unbranched alkanes of at least 4 members (excludes halogenated alkanes) is 5. The van der Waals surface area contributed by atoms with Crippen molar-refractivity contribution >= 4 is 34.3 Å². The van der Waals surface area contributed by atoms with Crippen molar-refractivity contribution in [3.63, 3.8) is 0 Å². The summed E-state index contributed by atoms with van der Waals surface area (Å²) >= 11 is 0.720. The minimum atomic E-state index is -4.36. The van der Waals surface area contributed by atoms with Crippen LogP contribution in [0.25, 0.3) is 0 Å². The van der Waals surface area contributed by atoms with Gasteiger partial charge in [-0.3, -0.25) is 19.0 Å². The standard InChI is InChI=1S/C16H21NO6S2/c18-15-13-9-5-6-10-14(13)16(19)17(15)11-7-3-1-2-4-8-12-24-23-25(20,21)22/h5-6,9-10H,1-4,7-8,11-12H2,(H,20,21,22). The quantitative estimate of drug-likeness (QED) is 0.269. The van der Waals surface area contributed by atoms with Crippen molar-refractivity contribution in [3.8, 4) is 0 Å². The molecule has 1 aromatic rings. The topological polar surface area (TPSA) is 101 Å². The van der Waals surface area contributed by atoms with Crippen LogP contribution in [0.15, 0.2) is 24.3 Å². The van der Waals surface area contributed by atoms with Crippen LogP contribution in [-0.4, -0.2) is 42.0 Å². The van der Waals surface area contributed by atoms with Crippen LogP contribution in [-0.2, 0) is 14.0 Å². The molecule has 0 spiro atoms. The number of imide groups is 1. The lowest BCUT2D eigenvalue weighted by atomic mass is 10.1. The lowest BCUT2D eigenvalue weighted by molar-refractivity contribution is 0.0651. The van der Waals surface area contributed by atoms with Crippen molar-refractivity contribution < 1.29 is 26.2 Å². The number of carbonyl (C=O) groups excluding carboxylic acids is 2. The number of carbonyl (C=O) groups is 2. The van der Waals surface area contributed by atoms with E-state index in [4.69, 9.17) is 4.55 Å². The molecule has 9 heteroatoms. The van der Waals surface area contributed by atoms with Crippen LogP contribution in [0, 0.1) is 0 Å². The van der Waals surface area contributed by atoms with E-state index < -0.39 is 10.4 Å². The number of hydrogen-bond donors (Lipinski definition) is 1. The molecule has 0 aromatic heterocycles. The molecule has 0 saturated carbocycles. The molecule has 1 heterocycles. The Hall–Kier alpha value is -1.42. The molecule has 1 aliphatic rings.